The summed E-state index contributed by atoms with van der Waals surface area (Å²) in [4.78, 5) is 0. The van der Waals surface area contributed by atoms with Crippen LogP contribution in [0.4, 0.5) is 0 Å². The van der Waals surface area contributed by atoms with Crippen molar-refractivity contribution in [3.63, 3.8) is 0 Å². The predicted octanol–water partition coefficient (Wildman–Crippen LogP) is -0.441. The number of hydrogen-bond acceptors (Lipinski definition) is 5. The molecule has 0 aromatic heterocycles. The molecular formula is C5H2B2O5. The molecular weight excluding hydrogens is 162 g/mol. The molecule has 0 saturated heterocycles. The Kier molecular flexibility index (Phi) is 1.06. The fraction of sp³-hybridized carbons (Fsp3) is 0.200. The molecule has 0 spiro atoms. The van der Waals surface area contributed by atoms with Gasteiger partial charge in [0.2, 0.25) is 5.76 Å². The minimum atomic E-state index is 0.307. The van der Waals surface area contributed by atoms with Crippen LogP contribution >= 0.6 is 0 Å². The summed E-state index contributed by atoms with van der Waals surface area (Å²) >= 11 is 0. The number of hydrogen-bond donors (Lipinski definition) is 0. The van der Waals surface area contributed by atoms with Gasteiger partial charge in [-0.25, -0.2) is 0 Å². The number of rotatable bonds is 0. The lowest BCUT2D eigenvalue weighted by atomic mass is 10.3. The standard InChI is InChI=1S/C5H2B2O5/c1-2-3(10-6-9-2)4-5(8-1)12-7-11-4/h1H2. The molecule has 0 N–H and O–H groups in total. The van der Waals surface area contributed by atoms with Crippen molar-refractivity contribution in [3.8, 4) is 0 Å². The molecule has 0 aromatic rings. The third-order valence-corrected chi connectivity index (χ3v) is 1.66. The van der Waals surface area contributed by atoms with E-state index in [9.17, 15) is 0 Å². The van der Waals surface area contributed by atoms with Crippen LogP contribution in [0.15, 0.2) is 23.2 Å². The van der Waals surface area contributed by atoms with E-state index in [0.29, 0.717) is 29.8 Å². The summed E-state index contributed by atoms with van der Waals surface area (Å²) in [7, 11) is 2.41. The summed E-state index contributed by atoms with van der Waals surface area (Å²) in [5.74, 6) is 1.90. The van der Waals surface area contributed by atoms with Crippen LogP contribution in [-0.4, -0.2) is 22.0 Å². The van der Waals surface area contributed by atoms with Crippen LogP contribution in [0.5, 0.6) is 0 Å². The molecule has 0 unspecified atom stereocenters. The molecule has 3 heterocycles. The van der Waals surface area contributed by atoms with Crippen molar-refractivity contribution >= 4 is 15.4 Å². The average molecular weight is 164 g/mol. The quantitative estimate of drug-likeness (QED) is 0.453. The van der Waals surface area contributed by atoms with Crippen molar-refractivity contribution in [1.82, 2.24) is 0 Å². The van der Waals surface area contributed by atoms with E-state index in [4.69, 9.17) is 23.4 Å². The lowest BCUT2D eigenvalue weighted by Crippen LogP contribution is -2.08. The van der Waals surface area contributed by atoms with Gasteiger partial charge in [0.25, 0.3) is 0 Å². The van der Waals surface area contributed by atoms with Crippen LogP contribution in [0, 0.1) is 0 Å². The highest BCUT2D eigenvalue weighted by molar-refractivity contribution is 6.22. The summed E-state index contributed by atoms with van der Waals surface area (Å²) < 4.78 is 25.1. The van der Waals surface area contributed by atoms with E-state index in [1.165, 1.54) is 15.4 Å². The largest absolute Gasteiger partial charge is 0.660 e. The normalized spacial score (nSPS) is 23.3. The minimum absolute atomic E-state index is 0.307. The van der Waals surface area contributed by atoms with Crippen molar-refractivity contribution < 1.29 is 23.4 Å². The van der Waals surface area contributed by atoms with Crippen molar-refractivity contribution in [3.05, 3.63) is 23.2 Å². The Bertz CT molecular complexity index is 266. The van der Waals surface area contributed by atoms with Gasteiger partial charge >= 0.3 is 21.3 Å². The number of fused-ring (bicyclic) bond motifs is 1. The second kappa shape index (κ2) is 2.06. The summed E-state index contributed by atoms with van der Waals surface area (Å²) in [5.41, 5.74) is 0. The van der Waals surface area contributed by atoms with E-state index in [2.05, 4.69) is 0 Å². The van der Waals surface area contributed by atoms with Crippen molar-refractivity contribution in [2.75, 3.05) is 6.61 Å². The van der Waals surface area contributed by atoms with Gasteiger partial charge in [-0.2, -0.15) is 0 Å². The van der Waals surface area contributed by atoms with Gasteiger partial charge < -0.3 is 23.4 Å². The highest BCUT2D eigenvalue weighted by Gasteiger charge is 2.37. The van der Waals surface area contributed by atoms with Gasteiger partial charge in [-0.1, -0.05) is 0 Å². The second-order valence-electron chi connectivity index (χ2n) is 2.32. The van der Waals surface area contributed by atoms with Crippen LogP contribution in [0.2, 0.25) is 0 Å². The zero-order chi connectivity index (χ0) is 7.97. The van der Waals surface area contributed by atoms with Gasteiger partial charge in [0.1, 0.15) is 0 Å². The van der Waals surface area contributed by atoms with E-state index < -0.39 is 0 Å². The summed E-state index contributed by atoms with van der Waals surface area (Å²) in [6.07, 6.45) is 0. The highest BCUT2D eigenvalue weighted by Crippen LogP contribution is 2.33. The SMILES string of the molecule is [B]1OC2=C(O1)C1=C(O[B]O1)OC2. The van der Waals surface area contributed by atoms with E-state index in [1.54, 1.807) is 0 Å². The minimum Gasteiger partial charge on any atom is -0.524 e. The van der Waals surface area contributed by atoms with Crippen molar-refractivity contribution in [2.24, 2.45) is 0 Å². The van der Waals surface area contributed by atoms with Crippen LogP contribution in [0.1, 0.15) is 0 Å². The molecule has 3 aliphatic rings. The van der Waals surface area contributed by atoms with Gasteiger partial charge in [0.05, 0.1) is 0 Å². The molecule has 12 heavy (non-hydrogen) atoms. The van der Waals surface area contributed by atoms with Gasteiger partial charge in [-0.3, -0.25) is 0 Å². The summed E-state index contributed by atoms with van der Waals surface area (Å²) in [6.45, 7) is 0.307. The molecule has 0 aliphatic carbocycles. The smallest absolute Gasteiger partial charge is 0.524 e. The van der Waals surface area contributed by atoms with E-state index in [1.807, 2.05) is 0 Å². The van der Waals surface area contributed by atoms with Crippen LogP contribution < -0.4 is 0 Å². The second-order valence-corrected chi connectivity index (χ2v) is 2.32. The molecule has 58 valence electrons. The zero-order valence-electron chi connectivity index (χ0n) is 5.90. The molecule has 0 saturated carbocycles. The van der Waals surface area contributed by atoms with Crippen LogP contribution in [0.3, 0.4) is 0 Å². The lowest BCUT2D eigenvalue weighted by molar-refractivity contribution is 0.105. The maximum atomic E-state index is 5.13. The fourth-order valence-electron chi connectivity index (χ4n) is 1.12. The third-order valence-electron chi connectivity index (χ3n) is 1.66. The van der Waals surface area contributed by atoms with E-state index in [0.717, 1.165) is 0 Å². The van der Waals surface area contributed by atoms with E-state index in [-0.39, 0.29) is 0 Å². The predicted molar refractivity (Wildman–Crippen MR) is 35.9 cm³/mol. The molecule has 3 aliphatic heterocycles. The molecule has 0 bridgehead atoms. The first kappa shape index (κ1) is 6.16. The zero-order valence-corrected chi connectivity index (χ0v) is 5.90. The first-order chi connectivity index (χ1) is 5.95. The topological polar surface area (TPSA) is 46.2 Å². The monoisotopic (exact) mass is 164 g/mol. The van der Waals surface area contributed by atoms with Crippen molar-refractivity contribution in [1.29, 1.82) is 0 Å². The Labute approximate surface area is 69.5 Å². The van der Waals surface area contributed by atoms with Crippen LogP contribution in [0.25, 0.3) is 0 Å². The maximum absolute atomic E-state index is 5.13. The Morgan fingerprint density at radius 1 is 0.917 bits per heavy atom. The summed E-state index contributed by atoms with van der Waals surface area (Å²) in [5, 5.41) is 0. The van der Waals surface area contributed by atoms with Crippen molar-refractivity contribution in [2.45, 2.75) is 0 Å². The molecule has 3 rings (SSSR count). The number of ether oxygens (including phenoxy) is 1. The Morgan fingerprint density at radius 3 is 2.75 bits per heavy atom. The molecule has 2 radical (unpaired) electrons. The highest BCUT2D eigenvalue weighted by atomic mass is 16.7. The lowest BCUT2D eigenvalue weighted by Gasteiger charge is -2.13. The van der Waals surface area contributed by atoms with E-state index >= 15 is 0 Å². The Morgan fingerprint density at radius 2 is 1.75 bits per heavy atom. The molecule has 7 heteroatoms. The first-order valence-corrected chi connectivity index (χ1v) is 3.36. The van der Waals surface area contributed by atoms with Crippen LogP contribution in [-0.2, 0) is 23.4 Å². The molecule has 5 nitrogen and oxygen atoms in total. The average Bonchev–Trinajstić information content (AvgIpc) is 2.71. The fourth-order valence-corrected chi connectivity index (χ4v) is 1.12. The first-order valence-electron chi connectivity index (χ1n) is 3.36. The third kappa shape index (κ3) is 0.654. The van der Waals surface area contributed by atoms with Gasteiger partial charge in [0.15, 0.2) is 18.1 Å². The summed E-state index contributed by atoms with van der Waals surface area (Å²) in [6, 6.07) is 0. The van der Waals surface area contributed by atoms with Gasteiger partial charge in [-0.15, -0.1) is 0 Å². The molecule has 0 aromatic carbocycles. The molecule has 0 atom stereocenters. The van der Waals surface area contributed by atoms with Gasteiger partial charge in [-0.05, 0) is 0 Å². The maximum Gasteiger partial charge on any atom is 0.660 e. The molecule has 0 amide bonds. The Hall–Kier alpha value is -1.39. The Balaban J connectivity index is 2.05. The molecule has 0 fully saturated rings. The van der Waals surface area contributed by atoms with Gasteiger partial charge in [0, 0.05) is 0 Å².